The molecule has 0 radical (unpaired) electrons. The number of hydrogen-bond donors (Lipinski definition) is 1. The maximum atomic E-state index is 11.4. The fourth-order valence-corrected chi connectivity index (χ4v) is 2.69. The van der Waals surface area contributed by atoms with Crippen LogP contribution < -0.4 is 4.74 Å². The van der Waals surface area contributed by atoms with Crippen molar-refractivity contribution >= 4 is 11.9 Å². The van der Waals surface area contributed by atoms with E-state index in [1.165, 1.54) is 13.0 Å². The zero-order valence-corrected chi connectivity index (χ0v) is 15.2. The second kappa shape index (κ2) is 6.73. The molecule has 1 unspecified atom stereocenters. The molecule has 128 valence electrons. The van der Waals surface area contributed by atoms with Gasteiger partial charge >= 0.3 is 11.9 Å². The van der Waals surface area contributed by atoms with E-state index in [-0.39, 0.29) is 22.3 Å². The van der Waals surface area contributed by atoms with E-state index in [1.54, 1.807) is 12.1 Å². The Morgan fingerprint density at radius 3 is 2.09 bits per heavy atom. The zero-order chi connectivity index (χ0) is 18.0. The molecular weight excluding hydrogens is 292 g/mol. The van der Waals surface area contributed by atoms with Gasteiger partial charge in [-0.25, -0.2) is 4.79 Å². The van der Waals surface area contributed by atoms with E-state index in [0.717, 1.165) is 12.0 Å². The molecule has 0 saturated carbocycles. The first-order chi connectivity index (χ1) is 10.3. The molecule has 0 bridgehead atoms. The summed E-state index contributed by atoms with van der Waals surface area (Å²) >= 11 is 0. The summed E-state index contributed by atoms with van der Waals surface area (Å²) in [7, 11) is 0. The molecule has 1 atom stereocenters. The van der Waals surface area contributed by atoms with Crippen LogP contribution in [-0.2, 0) is 4.79 Å². The molecule has 1 N–H and O–H groups in total. The summed E-state index contributed by atoms with van der Waals surface area (Å²) in [5, 5.41) is 9.18. The monoisotopic (exact) mass is 320 g/mol. The van der Waals surface area contributed by atoms with Gasteiger partial charge in [0, 0.05) is 6.92 Å². The van der Waals surface area contributed by atoms with Crippen LogP contribution in [0, 0.1) is 10.8 Å². The van der Waals surface area contributed by atoms with E-state index < -0.39 is 11.9 Å². The highest BCUT2D eigenvalue weighted by atomic mass is 16.5. The van der Waals surface area contributed by atoms with Crippen LogP contribution in [0.3, 0.4) is 0 Å². The van der Waals surface area contributed by atoms with E-state index in [4.69, 9.17) is 4.74 Å². The van der Waals surface area contributed by atoms with Gasteiger partial charge in [-0.2, -0.15) is 0 Å². The molecule has 0 aromatic heterocycles. The normalized spacial score (nSPS) is 13.5. The lowest BCUT2D eigenvalue weighted by Gasteiger charge is -2.36. The second-order valence-corrected chi connectivity index (χ2v) is 8.33. The van der Waals surface area contributed by atoms with E-state index in [2.05, 4.69) is 41.5 Å². The standard InChI is InChI=1S/C19H28O4/c1-12(20)23-16-10-13(17(21)22)8-9-14(16)15(19(5,6)7)11-18(2,3)4/h8-10,15H,11H2,1-7H3,(H,21,22). The maximum absolute atomic E-state index is 11.4. The molecular formula is C19H28O4. The average molecular weight is 320 g/mol. The fourth-order valence-electron chi connectivity index (χ4n) is 2.69. The van der Waals surface area contributed by atoms with Gasteiger partial charge < -0.3 is 9.84 Å². The first-order valence-corrected chi connectivity index (χ1v) is 7.87. The number of carbonyl (C=O) groups excluding carboxylic acids is 1. The molecule has 0 saturated heterocycles. The molecule has 1 rings (SSSR count). The Morgan fingerprint density at radius 2 is 1.70 bits per heavy atom. The van der Waals surface area contributed by atoms with Crippen LogP contribution in [0.1, 0.15) is 76.7 Å². The van der Waals surface area contributed by atoms with Gasteiger partial charge in [-0.05, 0) is 40.9 Å². The number of aromatic carboxylic acids is 1. The SMILES string of the molecule is CC(=O)Oc1cc(C(=O)O)ccc1C(CC(C)(C)C)C(C)(C)C. The molecule has 0 spiro atoms. The Hall–Kier alpha value is -1.84. The molecule has 0 aliphatic heterocycles. The third kappa shape index (κ3) is 5.70. The summed E-state index contributed by atoms with van der Waals surface area (Å²) in [6.07, 6.45) is 0.900. The third-order valence-electron chi connectivity index (χ3n) is 3.75. The number of rotatable bonds is 4. The van der Waals surface area contributed by atoms with Gasteiger partial charge in [-0.3, -0.25) is 4.79 Å². The van der Waals surface area contributed by atoms with Gasteiger partial charge in [0.15, 0.2) is 0 Å². The first kappa shape index (κ1) is 19.2. The minimum Gasteiger partial charge on any atom is -0.478 e. The number of benzene rings is 1. The van der Waals surface area contributed by atoms with Gasteiger partial charge in [0.1, 0.15) is 5.75 Å². The Bertz CT molecular complexity index is 588. The average Bonchev–Trinajstić information content (AvgIpc) is 2.33. The van der Waals surface area contributed by atoms with Gasteiger partial charge in [0.25, 0.3) is 0 Å². The first-order valence-electron chi connectivity index (χ1n) is 7.87. The van der Waals surface area contributed by atoms with E-state index in [9.17, 15) is 14.7 Å². The lowest BCUT2D eigenvalue weighted by atomic mass is 9.69. The highest BCUT2D eigenvalue weighted by Crippen LogP contribution is 2.46. The quantitative estimate of drug-likeness (QED) is 0.634. The maximum Gasteiger partial charge on any atom is 0.335 e. The van der Waals surface area contributed by atoms with Crippen molar-refractivity contribution in [2.24, 2.45) is 10.8 Å². The molecule has 4 nitrogen and oxygen atoms in total. The van der Waals surface area contributed by atoms with Crippen molar-refractivity contribution in [1.29, 1.82) is 0 Å². The highest BCUT2D eigenvalue weighted by molar-refractivity contribution is 5.88. The summed E-state index contributed by atoms with van der Waals surface area (Å²) in [5.41, 5.74) is 1.05. The van der Waals surface area contributed by atoms with Gasteiger partial charge in [0.2, 0.25) is 0 Å². The lowest BCUT2D eigenvalue weighted by molar-refractivity contribution is -0.132. The number of hydrogen-bond acceptors (Lipinski definition) is 3. The number of esters is 1. The van der Waals surface area contributed by atoms with E-state index in [1.807, 2.05) is 0 Å². The molecule has 4 heteroatoms. The van der Waals surface area contributed by atoms with Crippen molar-refractivity contribution in [3.8, 4) is 5.75 Å². The summed E-state index contributed by atoms with van der Waals surface area (Å²) in [4.78, 5) is 22.6. The minimum atomic E-state index is -1.03. The largest absolute Gasteiger partial charge is 0.478 e. The van der Waals surface area contributed by atoms with Crippen LogP contribution >= 0.6 is 0 Å². The molecule has 0 aliphatic rings. The number of carbonyl (C=O) groups is 2. The van der Waals surface area contributed by atoms with Gasteiger partial charge in [-0.1, -0.05) is 47.6 Å². The molecule has 1 aromatic rings. The summed E-state index contributed by atoms with van der Waals surface area (Å²) < 4.78 is 5.32. The second-order valence-electron chi connectivity index (χ2n) is 8.33. The summed E-state index contributed by atoms with van der Waals surface area (Å²) in [5.74, 6) is -0.994. The number of carboxylic acids is 1. The predicted octanol–water partition coefficient (Wildman–Crippen LogP) is 4.88. The van der Waals surface area contributed by atoms with Crippen molar-refractivity contribution < 1.29 is 19.4 Å². The molecule has 0 amide bonds. The van der Waals surface area contributed by atoms with Crippen molar-refractivity contribution in [3.05, 3.63) is 29.3 Å². The molecule has 0 fully saturated rings. The van der Waals surface area contributed by atoms with Gasteiger partial charge in [-0.15, -0.1) is 0 Å². The van der Waals surface area contributed by atoms with Crippen molar-refractivity contribution in [3.63, 3.8) is 0 Å². The minimum absolute atomic E-state index is 0.0487. The van der Waals surface area contributed by atoms with Crippen molar-refractivity contribution in [1.82, 2.24) is 0 Å². The smallest absolute Gasteiger partial charge is 0.335 e. The predicted molar refractivity (Wildman–Crippen MR) is 91.0 cm³/mol. The Labute approximate surface area is 138 Å². The highest BCUT2D eigenvalue weighted by Gasteiger charge is 2.33. The molecule has 0 aliphatic carbocycles. The Morgan fingerprint density at radius 1 is 1.13 bits per heavy atom. The lowest BCUT2D eigenvalue weighted by Crippen LogP contribution is -2.25. The number of carboxylic acid groups (broad SMARTS) is 1. The van der Waals surface area contributed by atoms with Crippen LogP contribution in [0.2, 0.25) is 0 Å². The van der Waals surface area contributed by atoms with E-state index >= 15 is 0 Å². The zero-order valence-electron chi connectivity index (χ0n) is 15.2. The molecule has 0 heterocycles. The third-order valence-corrected chi connectivity index (χ3v) is 3.75. The van der Waals surface area contributed by atoms with E-state index in [0.29, 0.717) is 5.75 Å². The van der Waals surface area contributed by atoms with Crippen LogP contribution in [-0.4, -0.2) is 17.0 Å². The topological polar surface area (TPSA) is 63.6 Å². The van der Waals surface area contributed by atoms with Crippen molar-refractivity contribution in [2.75, 3.05) is 0 Å². The fraction of sp³-hybridized carbons (Fsp3) is 0.579. The Kier molecular flexibility index (Phi) is 5.62. The van der Waals surface area contributed by atoms with Crippen LogP contribution in [0.5, 0.6) is 5.75 Å². The van der Waals surface area contributed by atoms with Crippen molar-refractivity contribution in [2.45, 2.75) is 60.8 Å². The van der Waals surface area contributed by atoms with Crippen LogP contribution in [0.15, 0.2) is 18.2 Å². The molecule has 23 heavy (non-hydrogen) atoms. The number of ether oxygens (including phenoxy) is 1. The summed E-state index contributed by atoms with van der Waals surface area (Å²) in [6, 6.07) is 4.80. The van der Waals surface area contributed by atoms with Crippen LogP contribution in [0.4, 0.5) is 0 Å². The Balaban J connectivity index is 3.45. The summed E-state index contributed by atoms with van der Waals surface area (Å²) in [6.45, 7) is 14.3. The molecule has 1 aromatic carbocycles. The van der Waals surface area contributed by atoms with Gasteiger partial charge in [0.05, 0.1) is 5.56 Å². The van der Waals surface area contributed by atoms with Crippen LogP contribution in [0.25, 0.3) is 0 Å².